The number of methoxy groups -OCH3 is 2. The molecule has 0 unspecified atom stereocenters. The quantitative estimate of drug-likeness (QED) is 0.734. The van der Waals surface area contributed by atoms with Crippen LogP contribution in [0.15, 0.2) is 35.8 Å². The number of nitrogens with zero attached hydrogens (tertiary/aromatic N) is 1. The molecule has 0 bridgehead atoms. The number of rotatable bonds is 2. The molecule has 4 aliphatic rings. The summed E-state index contributed by atoms with van der Waals surface area (Å²) in [5, 5.41) is 0. The van der Waals surface area contributed by atoms with E-state index in [-0.39, 0.29) is 22.2 Å². The van der Waals surface area contributed by atoms with Crippen molar-refractivity contribution in [3.63, 3.8) is 0 Å². The van der Waals surface area contributed by atoms with E-state index in [0.29, 0.717) is 17.9 Å². The van der Waals surface area contributed by atoms with E-state index >= 15 is 0 Å². The summed E-state index contributed by atoms with van der Waals surface area (Å²) < 4.78 is 11.2. The van der Waals surface area contributed by atoms with Crippen LogP contribution in [-0.4, -0.2) is 44.0 Å². The molecule has 4 nitrogen and oxygen atoms in total. The third-order valence-electron chi connectivity index (χ3n) is 6.53. The predicted molar refractivity (Wildman–Crippen MR) is 83.0 cm³/mol. The van der Waals surface area contributed by atoms with E-state index in [1.165, 1.54) is 0 Å². The number of likely N-dealkylation sites (tertiary alicyclic amines) is 1. The second kappa shape index (κ2) is 4.25. The number of hydrogen-bond donors (Lipinski definition) is 0. The molecule has 0 aromatic heterocycles. The molecule has 22 heavy (non-hydrogen) atoms. The van der Waals surface area contributed by atoms with Crippen molar-refractivity contribution in [1.29, 1.82) is 0 Å². The minimum atomic E-state index is -0.352. The zero-order valence-corrected chi connectivity index (χ0v) is 13.5. The molecule has 0 radical (unpaired) electrons. The summed E-state index contributed by atoms with van der Waals surface area (Å²) in [5.41, 5.74) is -0.502. The first-order valence-corrected chi connectivity index (χ1v) is 8.02. The zero-order valence-electron chi connectivity index (χ0n) is 13.5. The fraction of sp³-hybridized carbons (Fsp3) is 0.611. The highest BCUT2D eigenvalue weighted by molar-refractivity contribution is 5.97. The van der Waals surface area contributed by atoms with Crippen LogP contribution in [0.1, 0.15) is 25.7 Å². The Morgan fingerprint density at radius 2 is 1.95 bits per heavy atom. The summed E-state index contributed by atoms with van der Waals surface area (Å²) >= 11 is 0. The van der Waals surface area contributed by atoms with Gasteiger partial charge in [0, 0.05) is 17.3 Å². The molecule has 0 saturated carbocycles. The maximum atomic E-state index is 12.8. The first-order chi connectivity index (χ1) is 10.6. The number of allylic oxidation sites excluding steroid dienone is 4. The second-order valence-electron chi connectivity index (χ2n) is 7.00. The summed E-state index contributed by atoms with van der Waals surface area (Å²) in [6.45, 7) is 0.969. The predicted octanol–water partition coefficient (Wildman–Crippen LogP) is 2.43. The molecule has 1 heterocycles. The smallest absolute Gasteiger partial charge is 0.202 e. The molecule has 3 aliphatic carbocycles. The Bertz CT molecular complexity index is 634. The molecular weight excluding hydrogens is 278 g/mol. The lowest BCUT2D eigenvalue weighted by atomic mass is 9.53. The van der Waals surface area contributed by atoms with E-state index in [4.69, 9.17) is 9.47 Å². The van der Waals surface area contributed by atoms with E-state index in [9.17, 15) is 4.79 Å². The number of ether oxygens (including phenoxy) is 2. The molecule has 118 valence electrons. The standard InChI is InChI=1S/C18H23NO3/c1-19-11-10-17-12-13(20)14(21-2)15(22-3)18(17,19)9-8-16(17)6-4-5-7-16/h4,6,8-9H,5,7,10-12H2,1-3H3/t16-,17-,18+/m0/s1. The average Bonchev–Trinajstić information content (AvgIpc) is 3.17. The Balaban J connectivity index is 2.01. The van der Waals surface area contributed by atoms with Crippen molar-refractivity contribution in [3.8, 4) is 0 Å². The van der Waals surface area contributed by atoms with Crippen LogP contribution in [0.2, 0.25) is 0 Å². The largest absolute Gasteiger partial charge is 0.495 e. The van der Waals surface area contributed by atoms with Crippen molar-refractivity contribution in [2.24, 2.45) is 10.8 Å². The number of carbonyl (C=O) groups excluding carboxylic acids is 1. The normalized spacial score (nSPS) is 43.1. The van der Waals surface area contributed by atoms with E-state index in [0.717, 1.165) is 25.8 Å². The number of hydrogen-bond acceptors (Lipinski definition) is 4. The first-order valence-electron chi connectivity index (χ1n) is 8.02. The Kier molecular flexibility index (Phi) is 2.72. The van der Waals surface area contributed by atoms with Crippen LogP contribution >= 0.6 is 0 Å². The third-order valence-corrected chi connectivity index (χ3v) is 6.53. The van der Waals surface area contributed by atoms with Gasteiger partial charge in [-0.3, -0.25) is 9.69 Å². The lowest BCUT2D eigenvalue weighted by Gasteiger charge is -2.52. The van der Waals surface area contributed by atoms with Crippen molar-refractivity contribution in [2.75, 3.05) is 27.8 Å². The van der Waals surface area contributed by atoms with Crippen molar-refractivity contribution < 1.29 is 14.3 Å². The van der Waals surface area contributed by atoms with Crippen LogP contribution in [0, 0.1) is 10.8 Å². The van der Waals surface area contributed by atoms with Gasteiger partial charge in [-0.2, -0.15) is 0 Å². The van der Waals surface area contributed by atoms with Gasteiger partial charge in [-0.25, -0.2) is 0 Å². The monoisotopic (exact) mass is 301 g/mol. The first kappa shape index (κ1) is 14.1. The average molecular weight is 301 g/mol. The molecule has 1 spiro atoms. The fourth-order valence-electron chi connectivity index (χ4n) is 5.59. The van der Waals surface area contributed by atoms with Crippen molar-refractivity contribution in [1.82, 2.24) is 4.90 Å². The van der Waals surface area contributed by atoms with E-state index in [1.807, 2.05) is 0 Å². The Labute approximate surface area is 131 Å². The SMILES string of the molecule is COC1=C(OC)[C@]23C=C[C@@]4(C=CCC4)[C@]2(CCN3C)CC1=O. The summed E-state index contributed by atoms with van der Waals surface area (Å²) in [7, 11) is 5.35. The summed E-state index contributed by atoms with van der Waals surface area (Å²) in [5.74, 6) is 1.17. The molecule has 1 saturated heterocycles. The van der Waals surface area contributed by atoms with Crippen molar-refractivity contribution >= 4 is 5.78 Å². The van der Waals surface area contributed by atoms with Gasteiger partial charge in [0.2, 0.25) is 11.5 Å². The van der Waals surface area contributed by atoms with E-state index < -0.39 is 0 Å². The Morgan fingerprint density at radius 3 is 2.59 bits per heavy atom. The van der Waals surface area contributed by atoms with Gasteiger partial charge in [-0.1, -0.05) is 24.3 Å². The minimum Gasteiger partial charge on any atom is -0.495 e. The van der Waals surface area contributed by atoms with Gasteiger partial charge in [-0.15, -0.1) is 0 Å². The number of ketones is 1. The summed E-state index contributed by atoms with van der Waals surface area (Å²) in [6, 6.07) is 0. The maximum Gasteiger partial charge on any atom is 0.202 e. The van der Waals surface area contributed by atoms with Crippen LogP contribution in [-0.2, 0) is 14.3 Å². The lowest BCUT2D eigenvalue weighted by Crippen LogP contribution is -2.59. The third kappa shape index (κ3) is 1.23. The Morgan fingerprint density at radius 1 is 1.14 bits per heavy atom. The molecule has 3 atom stereocenters. The molecule has 1 aliphatic heterocycles. The van der Waals surface area contributed by atoms with E-state index in [2.05, 4.69) is 36.3 Å². The lowest BCUT2D eigenvalue weighted by molar-refractivity contribution is -0.127. The maximum absolute atomic E-state index is 12.8. The van der Waals surface area contributed by atoms with Gasteiger partial charge >= 0.3 is 0 Å². The topological polar surface area (TPSA) is 38.8 Å². The van der Waals surface area contributed by atoms with Crippen LogP contribution in [0.5, 0.6) is 0 Å². The highest BCUT2D eigenvalue weighted by Gasteiger charge is 2.73. The summed E-state index contributed by atoms with van der Waals surface area (Å²) in [4.78, 5) is 15.1. The van der Waals surface area contributed by atoms with Crippen LogP contribution < -0.4 is 0 Å². The molecule has 0 amide bonds. The van der Waals surface area contributed by atoms with Gasteiger partial charge < -0.3 is 9.47 Å². The number of Topliss-reactive ketones (excluding diaryl/α,β-unsaturated/α-hetero) is 1. The molecule has 4 rings (SSSR count). The van der Waals surface area contributed by atoms with Gasteiger partial charge in [0.15, 0.2) is 5.76 Å². The molecule has 0 N–H and O–H groups in total. The Hall–Kier alpha value is -1.55. The van der Waals surface area contributed by atoms with Crippen molar-refractivity contribution in [2.45, 2.75) is 31.2 Å². The van der Waals surface area contributed by atoms with Crippen molar-refractivity contribution in [3.05, 3.63) is 35.8 Å². The van der Waals surface area contributed by atoms with Gasteiger partial charge in [-0.05, 0) is 32.9 Å². The molecule has 4 heteroatoms. The number of carbonyl (C=O) groups is 1. The van der Waals surface area contributed by atoms with Gasteiger partial charge in [0.25, 0.3) is 0 Å². The van der Waals surface area contributed by atoms with Crippen LogP contribution in [0.3, 0.4) is 0 Å². The molecule has 0 aromatic rings. The number of likely N-dealkylation sites (N-methyl/N-ethyl adjacent to an activating group) is 1. The highest BCUT2D eigenvalue weighted by atomic mass is 16.5. The van der Waals surface area contributed by atoms with Crippen LogP contribution in [0.25, 0.3) is 0 Å². The zero-order chi connectivity index (χ0) is 15.6. The van der Waals surface area contributed by atoms with E-state index in [1.54, 1.807) is 14.2 Å². The second-order valence-corrected chi connectivity index (χ2v) is 7.00. The molecule has 0 aromatic carbocycles. The molecular formula is C18H23NO3. The van der Waals surface area contributed by atoms with Gasteiger partial charge in [0.1, 0.15) is 5.54 Å². The summed E-state index contributed by atoms with van der Waals surface area (Å²) in [6.07, 6.45) is 12.9. The van der Waals surface area contributed by atoms with Crippen LogP contribution in [0.4, 0.5) is 0 Å². The molecule has 1 fully saturated rings. The van der Waals surface area contributed by atoms with Gasteiger partial charge in [0.05, 0.1) is 14.2 Å². The highest BCUT2D eigenvalue weighted by Crippen LogP contribution is 2.70. The fourth-order valence-corrected chi connectivity index (χ4v) is 5.59. The minimum absolute atomic E-state index is 0.0174.